The summed E-state index contributed by atoms with van der Waals surface area (Å²) in [6.45, 7) is 5.30. The molecular formula is C11H17N3O4S. The number of unbranched alkanes of at least 4 members (excludes halogenated alkanes) is 1. The molecule has 1 heterocycles. The highest BCUT2D eigenvalue weighted by Gasteiger charge is 2.30. The largest absolute Gasteiger partial charge is 0.478 e. The number of carboxylic acid groups (broad SMARTS) is 1. The number of nitrogens with one attached hydrogen (secondary N) is 1. The van der Waals surface area contributed by atoms with Gasteiger partial charge in [-0.15, -0.1) is 6.58 Å². The molecule has 19 heavy (non-hydrogen) atoms. The Morgan fingerprint density at radius 3 is 2.74 bits per heavy atom. The van der Waals surface area contributed by atoms with Crippen LogP contribution >= 0.6 is 0 Å². The van der Waals surface area contributed by atoms with Crippen LogP contribution in [0.5, 0.6) is 0 Å². The van der Waals surface area contributed by atoms with Crippen LogP contribution in [0.15, 0.2) is 17.7 Å². The first kappa shape index (κ1) is 15.4. The third kappa shape index (κ3) is 3.21. The SMILES string of the molecule is C=CCCCN(C)S(=O)(=O)c1n[nH]c(C)c1C(=O)O. The monoisotopic (exact) mass is 287 g/mol. The zero-order chi connectivity index (χ0) is 14.6. The van der Waals surface area contributed by atoms with Gasteiger partial charge < -0.3 is 5.11 Å². The fourth-order valence-corrected chi connectivity index (χ4v) is 2.90. The van der Waals surface area contributed by atoms with Gasteiger partial charge in [0.1, 0.15) is 5.56 Å². The van der Waals surface area contributed by atoms with E-state index >= 15 is 0 Å². The molecule has 8 heteroatoms. The van der Waals surface area contributed by atoms with E-state index in [4.69, 9.17) is 5.11 Å². The van der Waals surface area contributed by atoms with Gasteiger partial charge in [0.15, 0.2) is 0 Å². The summed E-state index contributed by atoms with van der Waals surface area (Å²) in [4.78, 5) is 11.1. The van der Waals surface area contributed by atoms with Crippen molar-refractivity contribution in [1.29, 1.82) is 0 Å². The lowest BCUT2D eigenvalue weighted by Gasteiger charge is -2.15. The minimum Gasteiger partial charge on any atom is -0.478 e. The molecule has 0 unspecified atom stereocenters. The quantitative estimate of drug-likeness (QED) is 0.575. The number of allylic oxidation sites excluding steroid dienone is 1. The fraction of sp³-hybridized carbons (Fsp3) is 0.455. The van der Waals surface area contributed by atoms with Gasteiger partial charge in [-0.25, -0.2) is 13.2 Å². The molecule has 1 aromatic heterocycles. The normalized spacial score (nSPS) is 11.7. The topological polar surface area (TPSA) is 103 Å². The van der Waals surface area contributed by atoms with Crippen LogP contribution in [-0.2, 0) is 10.0 Å². The van der Waals surface area contributed by atoms with Crippen LogP contribution in [0.4, 0.5) is 0 Å². The fourth-order valence-electron chi connectivity index (χ4n) is 1.57. The first-order valence-electron chi connectivity index (χ1n) is 5.67. The van der Waals surface area contributed by atoms with E-state index in [-0.39, 0.29) is 17.8 Å². The summed E-state index contributed by atoms with van der Waals surface area (Å²) in [5, 5.41) is 14.6. The van der Waals surface area contributed by atoms with E-state index in [1.807, 2.05) is 0 Å². The van der Waals surface area contributed by atoms with Crippen LogP contribution < -0.4 is 0 Å². The van der Waals surface area contributed by atoms with Crippen molar-refractivity contribution < 1.29 is 18.3 Å². The third-order valence-electron chi connectivity index (χ3n) is 2.66. The lowest BCUT2D eigenvalue weighted by Crippen LogP contribution is -2.29. The van der Waals surface area contributed by atoms with Gasteiger partial charge in [-0.1, -0.05) is 6.08 Å². The van der Waals surface area contributed by atoms with E-state index in [0.717, 1.165) is 4.31 Å². The van der Waals surface area contributed by atoms with Crippen LogP contribution in [-0.4, -0.2) is 47.6 Å². The molecule has 106 valence electrons. The number of carbonyl (C=O) groups is 1. The molecule has 0 saturated heterocycles. The Morgan fingerprint density at radius 2 is 2.21 bits per heavy atom. The van der Waals surface area contributed by atoms with Crippen molar-refractivity contribution in [3.8, 4) is 0 Å². The highest BCUT2D eigenvalue weighted by molar-refractivity contribution is 7.89. The van der Waals surface area contributed by atoms with Crippen molar-refractivity contribution in [2.45, 2.75) is 24.8 Å². The molecule has 7 nitrogen and oxygen atoms in total. The first-order valence-corrected chi connectivity index (χ1v) is 7.11. The summed E-state index contributed by atoms with van der Waals surface area (Å²) < 4.78 is 25.5. The second-order valence-corrected chi connectivity index (χ2v) is 6.05. The van der Waals surface area contributed by atoms with E-state index in [1.54, 1.807) is 6.08 Å². The first-order chi connectivity index (χ1) is 8.82. The number of sulfonamides is 1. The van der Waals surface area contributed by atoms with Gasteiger partial charge in [0, 0.05) is 19.3 Å². The van der Waals surface area contributed by atoms with E-state index in [2.05, 4.69) is 16.8 Å². The minimum atomic E-state index is -3.90. The Hall–Kier alpha value is -1.67. The molecule has 0 aliphatic carbocycles. The minimum absolute atomic E-state index is 0.213. The van der Waals surface area contributed by atoms with Crippen molar-refractivity contribution in [2.24, 2.45) is 0 Å². The summed E-state index contributed by atoms with van der Waals surface area (Å²) in [7, 11) is -2.50. The van der Waals surface area contributed by atoms with Crippen LogP contribution in [0.3, 0.4) is 0 Å². The van der Waals surface area contributed by atoms with Crippen LogP contribution in [0.25, 0.3) is 0 Å². The second kappa shape index (κ2) is 5.98. The van der Waals surface area contributed by atoms with Crippen molar-refractivity contribution in [3.63, 3.8) is 0 Å². The second-order valence-electron chi connectivity index (χ2n) is 4.09. The van der Waals surface area contributed by atoms with Gasteiger partial charge in [0.05, 0.1) is 0 Å². The molecule has 0 aliphatic heterocycles. The number of aromatic carboxylic acids is 1. The predicted molar refractivity (Wildman–Crippen MR) is 69.5 cm³/mol. The van der Waals surface area contributed by atoms with Crippen LogP contribution in [0.2, 0.25) is 0 Å². The number of nitrogens with zero attached hydrogens (tertiary/aromatic N) is 2. The summed E-state index contributed by atoms with van der Waals surface area (Å²) in [6.07, 6.45) is 3.00. The number of carboxylic acids is 1. The van der Waals surface area contributed by atoms with Crippen molar-refractivity contribution in [3.05, 3.63) is 23.9 Å². The number of rotatable bonds is 7. The number of H-pyrrole nitrogens is 1. The molecule has 0 spiro atoms. The highest BCUT2D eigenvalue weighted by Crippen LogP contribution is 2.19. The molecule has 0 bridgehead atoms. The Balaban J connectivity index is 3.07. The van der Waals surface area contributed by atoms with Gasteiger partial charge in [0.2, 0.25) is 5.03 Å². The van der Waals surface area contributed by atoms with Crippen LogP contribution in [0, 0.1) is 6.92 Å². The van der Waals surface area contributed by atoms with Gasteiger partial charge >= 0.3 is 5.97 Å². The third-order valence-corrected chi connectivity index (χ3v) is 4.45. The zero-order valence-electron chi connectivity index (χ0n) is 10.9. The molecule has 1 aromatic rings. The molecule has 0 amide bonds. The maximum atomic E-state index is 12.2. The molecule has 0 atom stereocenters. The zero-order valence-corrected chi connectivity index (χ0v) is 11.7. The van der Waals surface area contributed by atoms with Crippen molar-refractivity contribution >= 4 is 16.0 Å². The summed E-state index contributed by atoms with van der Waals surface area (Å²) >= 11 is 0. The molecule has 0 radical (unpaired) electrons. The summed E-state index contributed by atoms with van der Waals surface area (Å²) in [5.41, 5.74) is -0.0962. The Morgan fingerprint density at radius 1 is 1.58 bits per heavy atom. The standard InChI is InChI=1S/C11H17N3O4S/c1-4-5-6-7-14(3)19(17,18)10-9(11(15)16)8(2)12-13-10/h4H,1,5-7H2,2-3H3,(H,12,13)(H,15,16). The van der Waals surface area contributed by atoms with Crippen molar-refractivity contribution in [2.75, 3.05) is 13.6 Å². The van der Waals surface area contributed by atoms with Gasteiger partial charge in [-0.2, -0.15) is 9.40 Å². The summed E-state index contributed by atoms with van der Waals surface area (Å²) in [6, 6.07) is 0. The average Bonchev–Trinajstić information content (AvgIpc) is 2.72. The smallest absolute Gasteiger partial charge is 0.340 e. The predicted octanol–water partition coefficient (Wildman–Crippen LogP) is 1.00. The van der Waals surface area contributed by atoms with E-state index in [1.165, 1.54) is 14.0 Å². The molecular weight excluding hydrogens is 270 g/mol. The van der Waals surface area contributed by atoms with Crippen LogP contribution in [0.1, 0.15) is 28.9 Å². The van der Waals surface area contributed by atoms with Gasteiger partial charge in [-0.05, 0) is 19.8 Å². The Labute approximate surface area is 112 Å². The Kier molecular flexibility index (Phi) is 4.84. The van der Waals surface area contributed by atoms with Gasteiger partial charge in [-0.3, -0.25) is 5.10 Å². The number of aromatic amines is 1. The lowest BCUT2D eigenvalue weighted by atomic mass is 10.3. The number of aromatic nitrogens is 2. The van der Waals surface area contributed by atoms with Crippen molar-refractivity contribution in [1.82, 2.24) is 14.5 Å². The van der Waals surface area contributed by atoms with E-state index in [9.17, 15) is 13.2 Å². The lowest BCUT2D eigenvalue weighted by molar-refractivity contribution is 0.0691. The molecule has 0 aromatic carbocycles. The van der Waals surface area contributed by atoms with Gasteiger partial charge in [0.25, 0.3) is 10.0 Å². The highest BCUT2D eigenvalue weighted by atomic mass is 32.2. The Bertz CT molecular complexity index is 577. The maximum Gasteiger partial charge on any atom is 0.340 e. The number of hydrogen-bond acceptors (Lipinski definition) is 4. The molecule has 1 rings (SSSR count). The summed E-state index contributed by atoms with van der Waals surface area (Å²) in [5.74, 6) is -1.32. The number of aryl methyl sites for hydroxylation is 1. The molecule has 0 aliphatic rings. The van der Waals surface area contributed by atoms with E-state index < -0.39 is 21.0 Å². The van der Waals surface area contributed by atoms with E-state index in [0.29, 0.717) is 12.8 Å². The maximum absolute atomic E-state index is 12.2. The average molecular weight is 287 g/mol. The molecule has 0 fully saturated rings. The number of hydrogen-bond donors (Lipinski definition) is 2. The molecule has 2 N–H and O–H groups in total. The molecule has 0 saturated carbocycles.